The van der Waals surface area contributed by atoms with E-state index in [1.807, 2.05) is 24.3 Å². The second-order valence-corrected chi connectivity index (χ2v) is 4.40. The van der Waals surface area contributed by atoms with Crippen molar-refractivity contribution in [1.29, 1.82) is 0 Å². The van der Waals surface area contributed by atoms with Gasteiger partial charge in [-0.3, -0.25) is 5.32 Å². The molecule has 1 heterocycles. The number of rotatable bonds is 2. The standard InChI is InChI=1S/C11H10BrN3O2/c1-6-13-9(10(14-6)15-11(16)17)7-2-4-8(12)5-3-7/h2-5,15H,1H3,(H,13,14)(H,16,17). The first-order valence-electron chi connectivity index (χ1n) is 4.89. The highest BCUT2D eigenvalue weighted by atomic mass is 79.9. The summed E-state index contributed by atoms with van der Waals surface area (Å²) >= 11 is 3.34. The van der Waals surface area contributed by atoms with Gasteiger partial charge in [-0.2, -0.15) is 0 Å². The number of hydrogen-bond acceptors (Lipinski definition) is 2. The largest absolute Gasteiger partial charge is 0.465 e. The van der Waals surface area contributed by atoms with Gasteiger partial charge in [-0.25, -0.2) is 9.78 Å². The van der Waals surface area contributed by atoms with Gasteiger partial charge in [0.15, 0.2) is 0 Å². The number of anilines is 1. The van der Waals surface area contributed by atoms with E-state index in [1.54, 1.807) is 6.92 Å². The highest BCUT2D eigenvalue weighted by molar-refractivity contribution is 9.10. The number of carboxylic acid groups (broad SMARTS) is 1. The summed E-state index contributed by atoms with van der Waals surface area (Å²) in [6.07, 6.45) is -1.12. The Labute approximate surface area is 106 Å². The molecule has 0 bridgehead atoms. The van der Waals surface area contributed by atoms with Gasteiger partial charge < -0.3 is 10.1 Å². The zero-order chi connectivity index (χ0) is 12.4. The summed E-state index contributed by atoms with van der Waals surface area (Å²) in [5, 5.41) is 11.0. The predicted octanol–water partition coefficient (Wildman–Crippen LogP) is 3.24. The molecule has 0 saturated carbocycles. The molecule has 3 N–H and O–H groups in total. The van der Waals surface area contributed by atoms with Crippen LogP contribution in [0.15, 0.2) is 28.7 Å². The smallest absolute Gasteiger partial charge is 0.410 e. The van der Waals surface area contributed by atoms with Gasteiger partial charge in [-0.1, -0.05) is 28.1 Å². The number of halogens is 1. The van der Waals surface area contributed by atoms with Crippen molar-refractivity contribution in [3.63, 3.8) is 0 Å². The minimum Gasteiger partial charge on any atom is -0.465 e. The van der Waals surface area contributed by atoms with E-state index in [1.165, 1.54) is 0 Å². The Hall–Kier alpha value is -1.82. The number of carbonyl (C=O) groups is 1. The lowest BCUT2D eigenvalue weighted by molar-refractivity contribution is 0.209. The second kappa shape index (κ2) is 4.58. The second-order valence-electron chi connectivity index (χ2n) is 3.48. The highest BCUT2D eigenvalue weighted by Gasteiger charge is 2.12. The number of nitrogens with zero attached hydrogens (tertiary/aromatic N) is 1. The van der Waals surface area contributed by atoms with Crippen LogP contribution in [0.3, 0.4) is 0 Å². The molecule has 0 fully saturated rings. The minimum atomic E-state index is -1.12. The molecule has 2 rings (SSSR count). The number of hydrogen-bond donors (Lipinski definition) is 3. The Morgan fingerprint density at radius 1 is 1.41 bits per heavy atom. The molecule has 1 aromatic heterocycles. The molecule has 0 atom stereocenters. The van der Waals surface area contributed by atoms with E-state index in [0.717, 1.165) is 10.0 Å². The van der Waals surface area contributed by atoms with Crippen molar-refractivity contribution in [1.82, 2.24) is 9.97 Å². The first kappa shape index (κ1) is 11.7. The fraction of sp³-hybridized carbons (Fsp3) is 0.0909. The van der Waals surface area contributed by atoms with Crippen molar-refractivity contribution in [3.8, 4) is 11.3 Å². The van der Waals surface area contributed by atoms with Crippen LogP contribution in [0.25, 0.3) is 11.3 Å². The molecule has 6 heteroatoms. The zero-order valence-electron chi connectivity index (χ0n) is 8.99. The maximum absolute atomic E-state index is 10.6. The Kier molecular flexibility index (Phi) is 3.14. The van der Waals surface area contributed by atoms with E-state index in [-0.39, 0.29) is 0 Å². The van der Waals surface area contributed by atoms with Crippen LogP contribution >= 0.6 is 15.9 Å². The molecule has 0 saturated heterocycles. The van der Waals surface area contributed by atoms with Crippen LogP contribution in [0.4, 0.5) is 10.6 Å². The molecule has 0 radical (unpaired) electrons. The minimum absolute atomic E-state index is 0.386. The molecule has 1 aromatic carbocycles. The van der Waals surface area contributed by atoms with E-state index in [2.05, 4.69) is 31.2 Å². The van der Waals surface area contributed by atoms with Crippen LogP contribution in [0.2, 0.25) is 0 Å². The summed E-state index contributed by atoms with van der Waals surface area (Å²) in [6.45, 7) is 1.77. The Bertz CT molecular complexity index is 548. The lowest BCUT2D eigenvalue weighted by Gasteiger charge is -2.02. The summed E-state index contributed by atoms with van der Waals surface area (Å²) < 4.78 is 0.959. The Balaban J connectivity index is 2.43. The van der Waals surface area contributed by atoms with E-state index in [0.29, 0.717) is 17.3 Å². The van der Waals surface area contributed by atoms with Crippen molar-refractivity contribution in [2.45, 2.75) is 6.92 Å². The zero-order valence-corrected chi connectivity index (χ0v) is 10.6. The average molecular weight is 296 g/mol. The fourth-order valence-electron chi connectivity index (χ4n) is 1.51. The van der Waals surface area contributed by atoms with E-state index >= 15 is 0 Å². The van der Waals surface area contributed by atoms with Crippen molar-refractivity contribution >= 4 is 27.8 Å². The number of imidazole rings is 1. The van der Waals surface area contributed by atoms with Crippen LogP contribution in [0.5, 0.6) is 0 Å². The van der Waals surface area contributed by atoms with Gasteiger partial charge in [0.25, 0.3) is 0 Å². The molecule has 2 aromatic rings. The van der Waals surface area contributed by atoms with E-state index in [9.17, 15) is 4.79 Å². The number of H-pyrrole nitrogens is 1. The van der Waals surface area contributed by atoms with Crippen LogP contribution in [-0.4, -0.2) is 21.2 Å². The quantitative estimate of drug-likeness (QED) is 0.796. The molecular formula is C11H10BrN3O2. The third-order valence-electron chi connectivity index (χ3n) is 2.17. The van der Waals surface area contributed by atoms with Crippen molar-refractivity contribution in [3.05, 3.63) is 34.6 Å². The molecule has 1 amide bonds. The molecule has 0 spiro atoms. The average Bonchev–Trinajstić information content (AvgIpc) is 2.59. The van der Waals surface area contributed by atoms with Gasteiger partial charge in [-0.15, -0.1) is 0 Å². The third kappa shape index (κ3) is 2.65. The molecule has 0 aliphatic rings. The summed E-state index contributed by atoms with van der Waals surface area (Å²) in [7, 11) is 0. The number of amides is 1. The van der Waals surface area contributed by atoms with Crippen molar-refractivity contribution in [2.75, 3.05) is 5.32 Å². The predicted molar refractivity (Wildman–Crippen MR) is 68.1 cm³/mol. The van der Waals surface area contributed by atoms with Gasteiger partial charge in [-0.05, 0) is 19.1 Å². The van der Waals surface area contributed by atoms with Gasteiger partial charge in [0.2, 0.25) is 0 Å². The molecule has 0 unspecified atom stereocenters. The van der Waals surface area contributed by atoms with Gasteiger partial charge in [0.1, 0.15) is 17.3 Å². The van der Waals surface area contributed by atoms with Gasteiger partial charge in [0.05, 0.1) is 0 Å². The Morgan fingerprint density at radius 2 is 2.06 bits per heavy atom. The summed E-state index contributed by atoms with van der Waals surface area (Å²) in [5.74, 6) is 1.05. The molecule has 17 heavy (non-hydrogen) atoms. The number of benzene rings is 1. The van der Waals surface area contributed by atoms with Gasteiger partial charge in [0, 0.05) is 10.0 Å². The summed E-state index contributed by atoms with van der Waals surface area (Å²) in [4.78, 5) is 17.8. The van der Waals surface area contributed by atoms with Crippen LogP contribution in [-0.2, 0) is 0 Å². The van der Waals surface area contributed by atoms with Crippen molar-refractivity contribution < 1.29 is 9.90 Å². The SMILES string of the molecule is Cc1nc(-c2ccc(Br)cc2)c(NC(=O)O)[nH]1. The van der Waals surface area contributed by atoms with Crippen LogP contribution < -0.4 is 5.32 Å². The number of aryl methyl sites for hydroxylation is 1. The first-order valence-corrected chi connectivity index (χ1v) is 5.68. The number of aromatic amines is 1. The maximum Gasteiger partial charge on any atom is 0.410 e. The van der Waals surface area contributed by atoms with Gasteiger partial charge >= 0.3 is 6.09 Å². The fourth-order valence-corrected chi connectivity index (χ4v) is 1.77. The lowest BCUT2D eigenvalue weighted by Crippen LogP contribution is -2.08. The molecular weight excluding hydrogens is 286 g/mol. The normalized spacial score (nSPS) is 10.2. The topological polar surface area (TPSA) is 78.0 Å². The molecule has 5 nitrogen and oxygen atoms in total. The molecule has 0 aliphatic heterocycles. The highest BCUT2D eigenvalue weighted by Crippen LogP contribution is 2.26. The van der Waals surface area contributed by atoms with E-state index in [4.69, 9.17) is 5.11 Å². The maximum atomic E-state index is 10.6. The monoisotopic (exact) mass is 295 g/mol. The first-order chi connectivity index (χ1) is 8.06. The number of aromatic nitrogens is 2. The molecule has 88 valence electrons. The summed E-state index contributed by atoms with van der Waals surface area (Å²) in [5.41, 5.74) is 1.44. The summed E-state index contributed by atoms with van der Waals surface area (Å²) in [6, 6.07) is 7.49. The Morgan fingerprint density at radius 3 is 2.65 bits per heavy atom. The lowest BCUT2D eigenvalue weighted by atomic mass is 10.1. The van der Waals surface area contributed by atoms with E-state index < -0.39 is 6.09 Å². The van der Waals surface area contributed by atoms with Crippen LogP contribution in [0.1, 0.15) is 5.82 Å². The third-order valence-corrected chi connectivity index (χ3v) is 2.70. The van der Waals surface area contributed by atoms with Crippen molar-refractivity contribution in [2.24, 2.45) is 0 Å². The van der Waals surface area contributed by atoms with Crippen LogP contribution in [0, 0.1) is 6.92 Å². The molecule has 0 aliphatic carbocycles. The number of nitrogens with one attached hydrogen (secondary N) is 2.